The summed E-state index contributed by atoms with van der Waals surface area (Å²) in [6.07, 6.45) is 1.27. The number of nitriles is 1. The van der Waals surface area contributed by atoms with Gasteiger partial charge in [-0.1, -0.05) is 26.7 Å². The molecular weight excluding hydrogens is 240 g/mol. The standard InChI is InChI=1S/C15H20N2O2/c1-3-12(4-2)14(18)10-17-15(19)13-7-5-11(9-16)6-8-13/h5-8,12,14,18H,3-4,10H2,1-2H3,(H,17,19). The lowest BCUT2D eigenvalue weighted by atomic mass is 9.96. The van der Waals surface area contributed by atoms with Gasteiger partial charge in [0.15, 0.2) is 0 Å². The number of amides is 1. The van der Waals surface area contributed by atoms with Crippen molar-refractivity contribution in [3.63, 3.8) is 0 Å². The molecule has 1 amide bonds. The number of rotatable bonds is 6. The maximum Gasteiger partial charge on any atom is 0.251 e. The van der Waals surface area contributed by atoms with Gasteiger partial charge >= 0.3 is 0 Å². The van der Waals surface area contributed by atoms with Crippen LogP contribution in [0.3, 0.4) is 0 Å². The summed E-state index contributed by atoms with van der Waals surface area (Å²) in [5.41, 5.74) is 1.02. The zero-order chi connectivity index (χ0) is 14.3. The fourth-order valence-corrected chi connectivity index (χ4v) is 1.99. The van der Waals surface area contributed by atoms with E-state index in [1.807, 2.05) is 19.9 Å². The Hall–Kier alpha value is -1.86. The van der Waals surface area contributed by atoms with Crippen LogP contribution in [0.2, 0.25) is 0 Å². The van der Waals surface area contributed by atoms with Crippen molar-refractivity contribution in [3.05, 3.63) is 35.4 Å². The lowest BCUT2D eigenvalue weighted by Gasteiger charge is -2.20. The average Bonchev–Trinajstić information content (AvgIpc) is 2.46. The van der Waals surface area contributed by atoms with Crippen LogP contribution in [-0.4, -0.2) is 23.7 Å². The first-order chi connectivity index (χ1) is 9.12. The molecule has 4 heteroatoms. The molecule has 4 nitrogen and oxygen atoms in total. The fourth-order valence-electron chi connectivity index (χ4n) is 1.99. The number of hydrogen-bond acceptors (Lipinski definition) is 3. The molecule has 0 bridgehead atoms. The summed E-state index contributed by atoms with van der Waals surface area (Å²) in [6.45, 7) is 4.31. The monoisotopic (exact) mass is 260 g/mol. The van der Waals surface area contributed by atoms with E-state index in [2.05, 4.69) is 5.32 Å². The van der Waals surface area contributed by atoms with Crippen molar-refractivity contribution in [2.75, 3.05) is 6.54 Å². The van der Waals surface area contributed by atoms with Crippen LogP contribution in [0.25, 0.3) is 0 Å². The molecule has 102 valence electrons. The van der Waals surface area contributed by atoms with Gasteiger partial charge in [0.2, 0.25) is 0 Å². The maximum absolute atomic E-state index is 11.8. The minimum Gasteiger partial charge on any atom is -0.391 e. The zero-order valence-corrected chi connectivity index (χ0v) is 11.4. The summed E-state index contributed by atoms with van der Waals surface area (Å²) in [5.74, 6) is -0.0178. The molecule has 0 heterocycles. The van der Waals surface area contributed by atoms with Crippen molar-refractivity contribution >= 4 is 5.91 Å². The second-order valence-corrected chi connectivity index (χ2v) is 4.54. The van der Waals surface area contributed by atoms with E-state index in [9.17, 15) is 9.90 Å². The van der Waals surface area contributed by atoms with Gasteiger partial charge < -0.3 is 10.4 Å². The summed E-state index contributed by atoms with van der Waals surface area (Å²) in [6, 6.07) is 8.43. The summed E-state index contributed by atoms with van der Waals surface area (Å²) in [7, 11) is 0. The molecule has 1 unspecified atom stereocenters. The molecule has 0 radical (unpaired) electrons. The minimum atomic E-state index is -0.516. The van der Waals surface area contributed by atoms with E-state index in [0.29, 0.717) is 11.1 Å². The number of aliphatic hydroxyl groups is 1. The third-order valence-corrected chi connectivity index (χ3v) is 3.34. The number of aliphatic hydroxyl groups excluding tert-OH is 1. The quantitative estimate of drug-likeness (QED) is 0.822. The Morgan fingerprint density at radius 3 is 2.37 bits per heavy atom. The molecule has 1 aromatic rings. The highest BCUT2D eigenvalue weighted by molar-refractivity contribution is 5.94. The van der Waals surface area contributed by atoms with Gasteiger partial charge in [0, 0.05) is 12.1 Å². The van der Waals surface area contributed by atoms with Crippen LogP contribution in [-0.2, 0) is 0 Å². The van der Waals surface area contributed by atoms with Gasteiger partial charge in [0.05, 0.1) is 17.7 Å². The molecule has 0 aliphatic rings. The first kappa shape index (κ1) is 15.2. The predicted octanol–water partition coefficient (Wildman–Crippen LogP) is 2.09. The van der Waals surface area contributed by atoms with Gasteiger partial charge in [-0.15, -0.1) is 0 Å². The normalized spacial score (nSPS) is 11.9. The van der Waals surface area contributed by atoms with Crippen molar-refractivity contribution in [3.8, 4) is 6.07 Å². The third kappa shape index (κ3) is 4.38. The van der Waals surface area contributed by atoms with Gasteiger partial charge in [0.25, 0.3) is 5.91 Å². The van der Waals surface area contributed by atoms with Gasteiger partial charge in [0.1, 0.15) is 0 Å². The Kier molecular flexibility index (Phi) is 6.04. The van der Waals surface area contributed by atoms with E-state index in [-0.39, 0.29) is 18.4 Å². The Balaban J connectivity index is 2.53. The highest BCUT2D eigenvalue weighted by Crippen LogP contribution is 2.12. The van der Waals surface area contributed by atoms with Crippen LogP contribution in [0.5, 0.6) is 0 Å². The lowest BCUT2D eigenvalue weighted by Crippen LogP contribution is -2.36. The molecule has 2 N–H and O–H groups in total. The number of carbonyl (C=O) groups excluding carboxylic acids is 1. The Labute approximate surface area is 114 Å². The SMILES string of the molecule is CCC(CC)C(O)CNC(=O)c1ccc(C#N)cc1. The Morgan fingerprint density at radius 2 is 1.89 bits per heavy atom. The van der Waals surface area contributed by atoms with Gasteiger partial charge in [-0.25, -0.2) is 0 Å². The second kappa shape index (κ2) is 7.55. The van der Waals surface area contributed by atoms with E-state index in [4.69, 9.17) is 5.26 Å². The van der Waals surface area contributed by atoms with E-state index in [1.54, 1.807) is 24.3 Å². The largest absolute Gasteiger partial charge is 0.391 e. The van der Waals surface area contributed by atoms with E-state index < -0.39 is 6.10 Å². The van der Waals surface area contributed by atoms with Crippen molar-refractivity contribution < 1.29 is 9.90 Å². The van der Waals surface area contributed by atoms with Crippen LogP contribution in [0, 0.1) is 17.2 Å². The van der Waals surface area contributed by atoms with E-state index in [0.717, 1.165) is 12.8 Å². The molecule has 1 rings (SSSR count). The first-order valence-electron chi connectivity index (χ1n) is 6.58. The van der Waals surface area contributed by atoms with Gasteiger partial charge in [-0.3, -0.25) is 4.79 Å². The fraction of sp³-hybridized carbons (Fsp3) is 0.467. The number of carbonyl (C=O) groups is 1. The van der Waals surface area contributed by atoms with Crippen LogP contribution in [0.4, 0.5) is 0 Å². The van der Waals surface area contributed by atoms with Crippen LogP contribution in [0.15, 0.2) is 24.3 Å². The Morgan fingerprint density at radius 1 is 1.32 bits per heavy atom. The molecule has 19 heavy (non-hydrogen) atoms. The molecule has 0 aliphatic carbocycles. The summed E-state index contributed by atoms with van der Waals surface area (Å²) in [5, 5.41) is 21.3. The molecule has 0 saturated carbocycles. The predicted molar refractivity (Wildman–Crippen MR) is 73.6 cm³/mol. The highest BCUT2D eigenvalue weighted by Gasteiger charge is 2.16. The second-order valence-electron chi connectivity index (χ2n) is 4.54. The molecule has 0 fully saturated rings. The first-order valence-corrected chi connectivity index (χ1v) is 6.58. The van der Waals surface area contributed by atoms with E-state index >= 15 is 0 Å². The summed E-state index contributed by atoms with van der Waals surface area (Å²) < 4.78 is 0. The number of nitrogens with zero attached hydrogens (tertiary/aromatic N) is 1. The van der Waals surface area contributed by atoms with E-state index in [1.165, 1.54) is 0 Å². The third-order valence-electron chi connectivity index (χ3n) is 3.34. The molecule has 1 atom stereocenters. The number of hydrogen-bond donors (Lipinski definition) is 2. The summed E-state index contributed by atoms with van der Waals surface area (Å²) in [4.78, 5) is 11.8. The van der Waals surface area contributed by atoms with Crippen LogP contribution in [0.1, 0.15) is 42.6 Å². The van der Waals surface area contributed by atoms with Crippen molar-refractivity contribution in [1.29, 1.82) is 5.26 Å². The number of nitrogens with one attached hydrogen (secondary N) is 1. The highest BCUT2D eigenvalue weighted by atomic mass is 16.3. The summed E-state index contributed by atoms with van der Waals surface area (Å²) >= 11 is 0. The molecule has 1 aromatic carbocycles. The van der Waals surface area contributed by atoms with Gasteiger partial charge in [-0.2, -0.15) is 5.26 Å². The van der Waals surface area contributed by atoms with Gasteiger partial charge in [-0.05, 0) is 30.2 Å². The van der Waals surface area contributed by atoms with Crippen molar-refractivity contribution in [2.45, 2.75) is 32.8 Å². The van der Waals surface area contributed by atoms with Crippen LogP contribution >= 0.6 is 0 Å². The number of benzene rings is 1. The maximum atomic E-state index is 11.8. The molecule has 0 spiro atoms. The van der Waals surface area contributed by atoms with Crippen molar-refractivity contribution in [1.82, 2.24) is 5.32 Å². The minimum absolute atomic E-state index is 0.210. The topological polar surface area (TPSA) is 73.1 Å². The smallest absolute Gasteiger partial charge is 0.251 e. The zero-order valence-electron chi connectivity index (χ0n) is 11.4. The van der Waals surface area contributed by atoms with Crippen LogP contribution < -0.4 is 5.32 Å². The molecular formula is C15H20N2O2. The lowest BCUT2D eigenvalue weighted by molar-refractivity contribution is 0.0816. The molecule has 0 saturated heterocycles. The molecule has 0 aromatic heterocycles. The van der Waals surface area contributed by atoms with Crippen molar-refractivity contribution in [2.24, 2.45) is 5.92 Å². The Bertz CT molecular complexity index is 444. The molecule has 0 aliphatic heterocycles. The average molecular weight is 260 g/mol.